The molecule has 0 aromatic heterocycles. The maximum atomic E-state index is 11.9. The molecule has 2 aromatic carbocycles. The van der Waals surface area contributed by atoms with Crippen LogP contribution in [-0.2, 0) is 4.79 Å². The number of carbonyl (C=O) groups excluding carboxylic acids is 2. The van der Waals surface area contributed by atoms with Crippen LogP contribution in [0.5, 0.6) is 11.5 Å². The highest BCUT2D eigenvalue weighted by molar-refractivity contribution is 6.30. The molecule has 0 atom stereocenters. The second-order valence-electron chi connectivity index (χ2n) is 5.10. The number of nitrogens with one attached hydrogen (secondary N) is 2. The summed E-state index contributed by atoms with van der Waals surface area (Å²) < 4.78 is 10.5. The third-order valence-corrected chi connectivity index (χ3v) is 3.57. The van der Waals surface area contributed by atoms with Gasteiger partial charge < -0.3 is 14.8 Å². The van der Waals surface area contributed by atoms with E-state index >= 15 is 0 Å². The van der Waals surface area contributed by atoms with Crippen molar-refractivity contribution in [3.63, 3.8) is 0 Å². The summed E-state index contributed by atoms with van der Waals surface area (Å²) in [5.41, 5.74) is 3.50. The Morgan fingerprint density at radius 1 is 1.12 bits per heavy atom. The molecule has 0 bridgehead atoms. The van der Waals surface area contributed by atoms with Crippen LogP contribution in [0.25, 0.3) is 0 Å². The Kier molecular flexibility index (Phi) is 5.15. The number of hydrazone groups is 1. The molecule has 3 rings (SSSR count). The first-order valence-electron chi connectivity index (χ1n) is 7.37. The van der Waals surface area contributed by atoms with Crippen molar-refractivity contribution in [1.29, 1.82) is 0 Å². The summed E-state index contributed by atoms with van der Waals surface area (Å²) in [6, 6.07) is 11.7. The molecule has 2 N–H and O–H groups in total. The predicted octanol–water partition coefficient (Wildman–Crippen LogP) is 1.95. The lowest BCUT2D eigenvalue weighted by molar-refractivity contribution is -0.120. The lowest BCUT2D eigenvalue weighted by atomic mass is 10.2. The standard InChI is InChI=1S/C17H14ClN3O4/c18-13-4-2-12(3-5-13)17(23)19-9-16(22)21-20-8-11-1-6-14-15(7-11)25-10-24-14/h1-8H,9-10H2,(H,19,23)(H,21,22). The monoisotopic (exact) mass is 359 g/mol. The average molecular weight is 360 g/mol. The average Bonchev–Trinajstić information content (AvgIpc) is 3.08. The summed E-state index contributed by atoms with van der Waals surface area (Å²) in [5, 5.41) is 6.87. The van der Waals surface area contributed by atoms with Crippen molar-refractivity contribution in [2.75, 3.05) is 13.3 Å². The lowest BCUT2D eigenvalue weighted by Gasteiger charge is -2.04. The van der Waals surface area contributed by atoms with Gasteiger partial charge >= 0.3 is 0 Å². The topological polar surface area (TPSA) is 89.0 Å². The molecule has 1 aliphatic heterocycles. The van der Waals surface area contributed by atoms with Gasteiger partial charge in [0.2, 0.25) is 6.79 Å². The molecule has 2 amide bonds. The van der Waals surface area contributed by atoms with Crippen LogP contribution >= 0.6 is 11.6 Å². The summed E-state index contributed by atoms with van der Waals surface area (Å²) in [4.78, 5) is 23.6. The Morgan fingerprint density at radius 2 is 1.88 bits per heavy atom. The molecule has 0 aliphatic carbocycles. The Bertz CT molecular complexity index is 821. The van der Waals surface area contributed by atoms with Crippen molar-refractivity contribution in [2.45, 2.75) is 0 Å². The van der Waals surface area contributed by atoms with E-state index in [1.807, 2.05) is 0 Å². The van der Waals surface area contributed by atoms with Gasteiger partial charge in [0, 0.05) is 10.6 Å². The van der Waals surface area contributed by atoms with Crippen LogP contribution < -0.4 is 20.2 Å². The number of carbonyl (C=O) groups is 2. The Balaban J connectivity index is 1.46. The fourth-order valence-corrected chi connectivity index (χ4v) is 2.20. The molecule has 0 fully saturated rings. The van der Waals surface area contributed by atoms with Crippen molar-refractivity contribution in [1.82, 2.24) is 10.7 Å². The molecular formula is C17H14ClN3O4. The minimum absolute atomic E-state index is 0.194. The van der Waals surface area contributed by atoms with E-state index in [-0.39, 0.29) is 19.2 Å². The van der Waals surface area contributed by atoms with E-state index < -0.39 is 5.91 Å². The number of halogens is 1. The number of benzene rings is 2. The van der Waals surface area contributed by atoms with Gasteiger partial charge in [-0.2, -0.15) is 5.10 Å². The van der Waals surface area contributed by atoms with Crippen LogP contribution in [0.1, 0.15) is 15.9 Å². The minimum Gasteiger partial charge on any atom is -0.454 e. The highest BCUT2D eigenvalue weighted by Crippen LogP contribution is 2.31. The summed E-state index contributed by atoms with van der Waals surface area (Å²) in [6.07, 6.45) is 1.47. The number of ether oxygens (including phenoxy) is 2. The predicted molar refractivity (Wildman–Crippen MR) is 92.1 cm³/mol. The second-order valence-corrected chi connectivity index (χ2v) is 5.53. The fourth-order valence-electron chi connectivity index (χ4n) is 2.08. The van der Waals surface area contributed by atoms with Gasteiger partial charge in [-0.25, -0.2) is 5.43 Å². The van der Waals surface area contributed by atoms with E-state index in [2.05, 4.69) is 15.8 Å². The number of rotatable bonds is 5. The van der Waals surface area contributed by atoms with Crippen molar-refractivity contribution in [2.24, 2.45) is 5.10 Å². The molecule has 25 heavy (non-hydrogen) atoms. The number of amides is 2. The van der Waals surface area contributed by atoms with Crippen LogP contribution in [0.2, 0.25) is 5.02 Å². The van der Waals surface area contributed by atoms with E-state index in [9.17, 15) is 9.59 Å². The zero-order chi connectivity index (χ0) is 17.6. The van der Waals surface area contributed by atoms with Crippen LogP contribution in [0.15, 0.2) is 47.6 Å². The molecule has 0 unspecified atom stereocenters. The third kappa shape index (κ3) is 4.48. The Hall–Kier alpha value is -3.06. The van der Waals surface area contributed by atoms with Gasteiger partial charge in [-0.15, -0.1) is 0 Å². The SMILES string of the molecule is O=C(CNC(=O)c1ccc(Cl)cc1)NN=Cc1ccc2c(c1)OCO2. The van der Waals surface area contributed by atoms with Crippen molar-refractivity contribution in [3.05, 3.63) is 58.6 Å². The highest BCUT2D eigenvalue weighted by atomic mass is 35.5. The van der Waals surface area contributed by atoms with E-state index in [0.717, 1.165) is 5.56 Å². The van der Waals surface area contributed by atoms with Gasteiger partial charge in [-0.1, -0.05) is 11.6 Å². The maximum Gasteiger partial charge on any atom is 0.259 e. The molecule has 0 radical (unpaired) electrons. The van der Waals surface area contributed by atoms with Crippen LogP contribution in [0, 0.1) is 0 Å². The molecule has 2 aromatic rings. The quantitative estimate of drug-likeness (QED) is 0.630. The summed E-state index contributed by atoms with van der Waals surface area (Å²) in [5.74, 6) is 0.488. The van der Waals surface area contributed by atoms with Gasteiger partial charge in [-0.05, 0) is 48.0 Å². The Morgan fingerprint density at radius 3 is 2.68 bits per heavy atom. The number of fused-ring (bicyclic) bond motifs is 1. The maximum absolute atomic E-state index is 11.9. The first-order chi connectivity index (χ1) is 12.1. The molecular weight excluding hydrogens is 346 g/mol. The zero-order valence-electron chi connectivity index (χ0n) is 13.0. The number of nitrogens with zero attached hydrogens (tertiary/aromatic N) is 1. The molecule has 0 saturated heterocycles. The van der Waals surface area contributed by atoms with E-state index in [0.29, 0.717) is 22.1 Å². The van der Waals surface area contributed by atoms with Crippen molar-refractivity contribution >= 4 is 29.6 Å². The van der Waals surface area contributed by atoms with Gasteiger partial charge in [0.15, 0.2) is 11.5 Å². The lowest BCUT2D eigenvalue weighted by Crippen LogP contribution is -2.34. The highest BCUT2D eigenvalue weighted by Gasteiger charge is 2.12. The first-order valence-corrected chi connectivity index (χ1v) is 7.75. The zero-order valence-corrected chi connectivity index (χ0v) is 13.7. The molecule has 1 heterocycles. The normalized spacial score (nSPS) is 12.2. The summed E-state index contributed by atoms with van der Waals surface area (Å²) in [6.45, 7) is -0.0000777. The van der Waals surface area contributed by atoms with Crippen molar-refractivity contribution < 1.29 is 19.1 Å². The van der Waals surface area contributed by atoms with Gasteiger partial charge in [0.05, 0.1) is 12.8 Å². The van der Waals surface area contributed by atoms with Crippen LogP contribution in [0.4, 0.5) is 0 Å². The fraction of sp³-hybridized carbons (Fsp3) is 0.118. The molecule has 0 saturated carbocycles. The van der Waals surface area contributed by atoms with E-state index in [1.54, 1.807) is 42.5 Å². The van der Waals surface area contributed by atoms with E-state index in [4.69, 9.17) is 21.1 Å². The number of hydrogen-bond donors (Lipinski definition) is 2. The summed E-state index contributed by atoms with van der Waals surface area (Å²) in [7, 11) is 0. The molecule has 0 spiro atoms. The second kappa shape index (κ2) is 7.67. The molecule has 1 aliphatic rings. The molecule has 7 nitrogen and oxygen atoms in total. The largest absolute Gasteiger partial charge is 0.454 e. The summed E-state index contributed by atoms with van der Waals surface area (Å²) >= 11 is 5.76. The third-order valence-electron chi connectivity index (χ3n) is 3.32. The van der Waals surface area contributed by atoms with Crippen LogP contribution in [-0.4, -0.2) is 31.4 Å². The van der Waals surface area contributed by atoms with Gasteiger partial charge in [-0.3, -0.25) is 9.59 Å². The van der Waals surface area contributed by atoms with Crippen molar-refractivity contribution in [3.8, 4) is 11.5 Å². The Labute approximate surface area is 148 Å². The van der Waals surface area contributed by atoms with Crippen LogP contribution in [0.3, 0.4) is 0 Å². The van der Waals surface area contributed by atoms with Gasteiger partial charge in [0.1, 0.15) is 0 Å². The molecule has 128 valence electrons. The number of hydrogen-bond acceptors (Lipinski definition) is 5. The smallest absolute Gasteiger partial charge is 0.259 e. The van der Waals surface area contributed by atoms with E-state index in [1.165, 1.54) is 6.21 Å². The first kappa shape index (κ1) is 16.8. The minimum atomic E-state index is -0.445. The van der Waals surface area contributed by atoms with Gasteiger partial charge in [0.25, 0.3) is 11.8 Å². The molecule has 8 heteroatoms.